The van der Waals surface area contributed by atoms with Crippen molar-refractivity contribution in [2.24, 2.45) is 0 Å². The third-order valence-electron chi connectivity index (χ3n) is 5.93. The fraction of sp³-hybridized carbons (Fsp3) is 0.435. The first kappa shape index (κ1) is 21.8. The molecule has 0 spiro atoms. The molecule has 1 aliphatic rings. The summed E-state index contributed by atoms with van der Waals surface area (Å²) in [4.78, 5) is 38.4. The molecule has 2 aromatic rings. The van der Waals surface area contributed by atoms with Gasteiger partial charge >= 0.3 is 5.97 Å². The average molecular weight is 414 g/mol. The van der Waals surface area contributed by atoms with Crippen LogP contribution in [-0.2, 0) is 21.4 Å². The number of fused-ring (bicyclic) bond motifs is 2. The second-order valence-electron chi connectivity index (χ2n) is 8.28. The number of aliphatic hydroxyl groups is 1. The first-order chi connectivity index (χ1) is 13.9. The number of phenols is 1. The molecule has 0 radical (unpaired) electrons. The van der Waals surface area contributed by atoms with E-state index in [9.17, 15) is 24.6 Å². The van der Waals surface area contributed by atoms with E-state index >= 15 is 0 Å². The van der Waals surface area contributed by atoms with Gasteiger partial charge in [0.1, 0.15) is 17.1 Å². The maximum absolute atomic E-state index is 13.0. The van der Waals surface area contributed by atoms with Gasteiger partial charge < -0.3 is 19.7 Å². The van der Waals surface area contributed by atoms with Crippen molar-refractivity contribution >= 4 is 28.3 Å². The summed E-state index contributed by atoms with van der Waals surface area (Å²) in [5.74, 6) is -2.21. The number of Topliss-reactive ketones (excluding diaryl/α,β-unsaturated/α-hetero) is 2. The molecular weight excluding hydrogens is 388 g/mol. The second kappa shape index (κ2) is 7.09. The Balaban J connectivity index is 2.55. The van der Waals surface area contributed by atoms with Gasteiger partial charge in [-0.25, -0.2) is 4.79 Å². The summed E-state index contributed by atoms with van der Waals surface area (Å²) in [5.41, 5.74) is -2.59. The second-order valence-corrected chi connectivity index (χ2v) is 8.28. The average Bonchev–Trinajstić information content (AvgIpc) is 2.70. The Labute approximate surface area is 174 Å². The van der Waals surface area contributed by atoms with Gasteiger partial charge in [-0.3, -0.25) is 9.59 Å². The van der Waals surface area contributed by atoms with Gasteiger partial charge in [0.25, 0.3) is 0 Å². The first-order valence-electron chi connectivity index (χ1n) is 9.75. The molecule has 30 heavy (non-hydrogen) atoms. The van der Waals surface area contributed by atoms with Gasteiger partial charge in [-0.05, 0) is 55.8 Å². The SMILES string of the molecule is CCCc1c(C(=O)OC)c(OC)cc2cc3c(c(O)c12)C(=O)C(C)(O)C(=O)C3(C)C. The molecule has 0 fully saturated rings. The number of hydrogen-bond donors (Lipinski definition) is 2. The Bertz CT molecular complexity index is 1090. The van der Waals surface area contributed by atoms with Crippen LogP contribution in [0.15, 0.2) is 12.1 Å². The minimum absolute atomic E-state index is 0.101. The normalized spacial score (nSPS) is 20.2. The highest BCUT2D eigenvalue weighted by Gasteiger charge is 2.54. The number of aromatic hydroxyl groups is 1. The van der Waals surface area contributed by atoms with E-state index in [2.05, 4.69) is 0 Å². The van der Waals surface area contributed by atoms with Crippen LogP contribution >= 0.6 is 0 Å². The first-order valence-corrected chi connectivity index (χ1v) is 9.75. The maximum atomic E-state index is 13.0. The molecule has 7 heteroatoms. The van der Waals surface area contributed by atoms with E-state index in [1.807, 2.05) is 6.92 Å². The highest BCUT2D eigenvalue weighted by molar-refractivity contribution is 6.26. The van der Waals surface area contributed by atoms with Gasteiger partial charge in [0, 0.05) is 5.39 Å². The fourth-order valence-corrected chi connectivity index (χ4v) is 4.39. The number of phenolic OH excluding ortho intramolecular Hbond substituents is 1. The van der Waals surface area contributed by atoms with Crippen LogP contribution in [0.3, 0.4) is 0 Å². The Morgan fingerprint density at radius 3 is 2.30 bits per heavy atom. The van der Waals surface area contributed by atoms with Crippen LogP contribution in [0.5, 0.6) is 11.5 Å². The molecule has 2 N–H and O–H groups in total. The van der Waals surface area contributed by atoms with Gasteiger partial charge in [0.2, 0.25) is 5.78 Å². The van der Waals surface area contributed by atoms with Crippen molar-refractivity contribution in [1.82, 2.24) is 0 Å². The number of carbonyl (C=O) groups excluding carboxylic acids is 3. The van der Waals surface area contributed by atoms with Crippen LogP contribution in [0.4, 0.5) is 0 Å². The maximum Gasteiger partial charge on any atom is 0.341 e. The molecule has 1 atom stereocenters. The topological polar surface area (TPSA) is 110 Å². The van der Waals surface area contributed by atoms with Crippen molar-refractivity contribution in [3.63, 3.8) is 0 Å². The van der Waals surface area contributed by atoms with Crippen molar-refractivity contribution in [3.8, 4) is 11.5 Å². The van der Waals surface area contributed by atoms with E-state index in [4.69, 9.17) is 9.47 Å². The van der Waals surface area contributed by atoms with Crippen molar-refractivity contribution in [3.05, 3.63) is 34.4 Å². The molecule has 0 saturated carbocycles. The van der Waals surface area contributed by atoms with Crippen LogP contribution in [0.1, 0.15) is 66.0 Å². The third kappa shape index (κ3) is 2.80. The molecule has 0 bridgehead atoms. The molecule has 7 nitrogen and oxygen atoms in total. The van der Waals surface area contributed by atoms with E-state index in [1.54, 1.807) is 26.0 Å². The number of aryl methyl sites for hydroxylation is 1. The summed E-state index contributed by atoms with van der Waals surface area (Å²) >= 11 is 0. The lowest BCUT2D eigenvalue weighted by atomic mass is 9.64. The van der Waals surface area contributed by atoms with Crippen molar-refractivity contribution in [2.75, 3.05) is 14.2 Å². The Morgan fingerprint density at radius 1 is 1.13 bits per heavy atom. The lowest BCUT2D eigenvalue weighted by molar-refractivity contribution is -0.137. The smallest absolute Gasteiger partial charge is 0.341 e. The zero-order valence-electron chi connectivity index (χ0n) is 18.0. The Kier molecular flexibility index (Phi) is 5.15. The fourth-order valence-electron chi connectivity index (χ4n) is 4.39. The summed E-state index contributed by atoms with van der Waals surface area (Å²) in [6.07, 6.45) is 1.07. The lowest BCUT2D eigenvalue weighted by Crippen LogP contribution is -2.56. The molecule has 1 aliphatic carbocycles. The monoisotopic (exact) mass is 414 g/mol. The lowest BCUT2D eigenvalue weighted by Gasteiger charge is -2.38. The minimum Gasteiger partial charge on any atom is -0.507 e. The van der Waals surface area contributed by atoms with Gasteiger partial charge in [0.05, 0.1) is 25.2 Å². The van der Waals surface area contributed by atoms with Crippen molar-refractivity contribution < 1.29 is 34.1 Å². The molecular formula is C23H26O7. The molecule has 2 aromatic carbocycles. The number of methoxy groups -OCH3 is 2. The number of hydrogen-bond acceptors (Lipinski definition) is 7. The minimum atomic E-state index is -2.26. The zero-order valence-corrected chi connectivity index (χ0v) is 18.0. The summed E-state index contributed by atoms with van der Waals surface area (Å²) < 4.78 is 10.3. The van der Waals surface area contributed by atoms with Gasteiger partial charge in [-0.1, -0.05) is 13.3 Å². The highest BCUT2D eigenvalue weighted by atomic mass is 16.5. The number of carbonyl (C=O) groups is 3. The van der Waals surface area contributed by atoms with Crippen molar-refractivity contribution in [2.45, 2.75) is 51.6 Å². The Morgan fingerprint density at radius 2 is 1.77 bits per heavy atom. The number of benzene rings is 2. The van der Waals surface area contributed by atoms with Gasteiger partial charge in [0.15, 0.2) is 11.4 Å². The molecule has 0 amide bonds. The molecule has 3 rings (SSSR count). The number of ether oxygens (including phenoxy) is 2. The van der Waals surface area contributed by atoms with E-state index in [-0.39, 0.29) is 22.6 Å². The Hall–Kier alpha value is -2.93. The number of rotatable bonds is 4. The molecule has 0 saturated heterocycles. The molecule has 0 aliphatic heterocycles. The molecule has 0 aromatic heterocycles. The van der Waals surface area contributed by atoms with Crippen LogP contribution in [0, 0.1) is 0 Å². The van der Waals surface area contributed by atoms with Crippen molar-refractivity contribution in [1.29, 1.82) is 0 Å². The predicted molar refractivity (Wildman–Crippen MR) is 110 cm³/mol. The van der Waals surface area contributed by atoms with E-state index in [0.717, 1.165) is 6.92 Å². The third-order valence-corrected chi connectivity index (χ3v) is 5.93. The van der Waals surface area contributed by atoms with Crippen LogP contribution in [-0.4, -0.2) is 47.6 Å². The summed E-state index contributed by atoms with van der Waals surface area (Å²) in [6, 6.07) is 3.23. The van der Waals surface area contributed by atoms with E-state index in [1.165, 1.54) is 14.2 Å². The largest absolute Gasteiger partial charge is 0.507 e. The number of esters is 1. The zero-order chi connectivity index (χ0) is 22.6. The highest BCUT2D eigenvalue weighted by Crippen LogP contribution is 2.47. The van der Waals surface area contributed by atoms with Gasteiger partial charge in [-0.2, -0.15) is 0 Å². The summed E-state index contributed by atoms with van der Waals surface area (Å²) in [5, 5.41) is 22.7. The summed E-state index contributed by atoms with van der Waals surface area (Å²) in [7, 11) is 2.68. The summed E-state index contributed by atoms with van der Waals surface area (Å²) in [6.45, 7) is 6.27. The number of ketones is 2. The van der Waals surface area contributed by atoms with E-state index < -0.39 is 28.6 Å². The predicted octanol–water partition coefficient (Wildman–Crippen LogP) is 3.09. The quantitative estimate of drug-likeness (QED) is 0.584. The molecule has 160 valence electrons. The van der Waals surface area contributed by atoms with E-state index in [0.29, 0.717) is 34.7 Å². The van der Waals surface area contributed by atoms with Crippen LogP contribution in [0.2, 0.25) is 0 Å². The van der Waals surface area contributed by atoms with Gasteiger partial charge in [-0.15, -0.1) is 0 Å². The molecule has 0 heterocycles. The molecule has 1 unspecified atom stereocenters. The van der Waals surface area contributed by atoms with Crippen LogP contribution in [0.25, 0.3) is 10.8 Å². The standard InChI is InChI=1S/C23H26O7/c1-7-8-12-15-11(10-14(29-5)16(12)20(26)30-6)9-13-17(18(15)24)19(25)23(4,28)21(27)22(13,2)3/h9-10,24,28H,7-8H2,1-6H3. The van der Waals surface area contributed by atoms with Crippen LogP contribution < -0.4 is 4.74 Å².